The van der Waals surface area contributed by atoms with Crippen molar-refractivity contribution in [2.75, 3.05) is 48.8 Å². The third-order valence-electron chi connectivity index (χ3n) is 5.18. The zero-order valence-electron chi connectivity index (χ0n) is 17.4. The van der Waals surface area contributed by atoms with Crippen LogP contribution >= 0.6 is 0 Å². The highest BCUT2D eigenvalue weighted by molar-refractivity contribution is 6.00. The predicted molar refractivity (Wildman–Crippen MR) is 114 cm³/mol. The number of anilines is 3. The maximum atomic E-state index is 12.5. The zero-order valence-corrected chi connectivity index (χ0v) is 17.4. The predicted octanol–water partition coefficient (Wildman–Crippen LogP) is 1.74. The number of nitrogens with zero attached hydrogens (tertiary/aromatic N) is 4. The van der Waals surface area contributed by atoms with Gasteiger partial charge in [0.05, 0.1) is 17.8 Å². The molecule has 0 radical (unpaired) electrons. The minimum absolute atomic E-state index is 0.0118. The van der Waals surface area contributed by atoms with Crippen LogP contribution < -0.4 is 20.4 Å². The van der Waals surface area contributed by atoms with E-state index < -0.39 is 0 Å². The molecule has 8 heteroatoms. The lowest BCUT2D eigenvalue weighted by Gasteiger charge is -2.18. The van der Waals surface area contributed by atoms with E-state index in [2.05, 4.69) is 20.8 Å². The molecule has 2 aromatic rings. The third-order valence-corrected chi connectivity index (χ3v) is 5.18. The van der Waals surface area contributed by atoms with Gasteiger partial charge in [-0.05, 0) is 37.1 Å². The van der Waals surface area contributed by atoms with Crippen LogP contribution in [0.2, 0.25) is 0 Å². The van der Waals surface area contributed by atoms with Crippen molar-refractivity contribution in [3.63, 3.8) is 0 Å². The molecule has 2 N–H and O–H groups in total. The average Bonchev–Trinajstić information content (AvgIpc) is 3.09. The lowest BCUT2D eigenvalue weighted by molar-refractivity contribution is -0.126. The van der Waals surface area contributed by atoms with Gasteiger partial charge in [-0.15, -0.1) is 5.10 Å². The maximum absolute atomic E-state index is 12.5. The summed E-state index contributed by atoms with van der Waals surface area (Å²) in [7, 11) is 3.87. The summed E-state index contributed by atoms with van der Waals surface area (Å²) in [6, 6.07) is 7.84. The van der Waals surface area contributed by atoms with Gasteiger partial charge in [0.25, 0.3) is 0 Å². The monoisotopic (exact) mass is 396 g/mol. The Morgan fingerprint density at radius 3 is 2.72 bits per heavy atom. The number of hydrogen-bond donors (Lipinski definition) is 2. The molecule has 3 rings (SSSR count). The number of amides is 2. The van der Waals surface area contributed by atoms with Gasteiger partial charge < -0.3 is 20.4 Å². The zero-order chi connectivity index (χ0) is 21.0. The first-order valence-corrected chi connectivity index (χ1v) is 9.74. The molecule has 2 heterocycles. The molecule has 0 saturated carbocycles. The van der Waals surface area contributed by atoms with E-state index >= 15 is 0 Å². The summed E-state index contributed by atoms with van der Waals surface area (Å²) in [4.78, 5) is 28.5. The number of rotatable bonds is 7. The molecule has 29 heavy (non-hydrogen) atoms. The quantitative estimate of drug-likeness (QED) is 0.693. The number of benzene rings is 1. The third kappa shape index (κ3) is 5.01. The van der Waals surface area contributed by atoms with Crippen LogP contribution in [0, 0.1) is 19.8 Å². The van der Waals surface area contributed by atoms with E-state index in [0.29, 0.717) is 25.5 Å². The molecule has 1 unspecified atom stereocenters. The van der Waals surface area contributed by atoms with Crippen molar-refractivity contribution in [2.45, 2.75) is 20.3 Å². The van der Waals surface area contributed by atoms with Gasteiger partial charge in [-0.25, -0.2) is 0 Å². The van der Waals surface area contributed by atoms with Gasteiger partial charge in [0.2, 0.25) is 11.8 Å². The molecule has 0 bridgehead atoms. The van der Waals surface area contributed by atoms with E-state index in [1.54, 1.807) is 11.1 Å². The number of hydrogen-bond acceptors (Lipinski definition) is 6. The molecule has 1 aliphatic rings. The SMILES string of the molecule is Cc1ccc(N2CC(C(=O)NCCNc3cc(N(C)C)cnn3)CC2=O)cc1C. The summed E-state index contributed by atoms with van der Waals surface area (Å²) in [5, 5.41) is 14.0. The lowest BCUT2D eigenvalue weighted by Crippen LogP contribution is -2.35. The molecule has 154 valence electrons. The standard InChI is InChI=1S/C21H28N6O2/c1-14-5-6-17(9-15(14)2)27-13-16(10-20(27)28)21(29)23-8-7-22-19-11-18(26(3)4)12-24-25-19/h5-6,9,11-12,16H,7-8,10,13H2,1-4H3,(H,22,25)(H,23,29). The van der Waals surface area contributed by atoms with Crippen molar-refractivity contribution >= 4 is 29.0 Å². The van der Waals surface area contributed by atoms with Gasteiger partial charge in [0.1, 0.15) is 0 Å². The molecule has 0 aliphatic carbocycles. The van der Waals surface area contributed by atoms with Crippen molar-refractivity contribution in [3.05, 3.63) is 41.6 Å². The minimum atomic E-state index is -0.332. The van der Waals surface area contributed by atoms with Crippen LogP contribution in [0.5, 0.6) is 0 Å². The van der Waals surface area contributed by atoms with Crippen molar-refractivity contribution in [2.24, 2.45) is 5.92 Å². The molecule has 1 aromatic carbocycles. The molecule has 1 aliphatic heterocycles. The highest BCUT2D eigenvalue weighted by Crippen LogP contribution is 2.26. The minimum Gasteiger partial charge on any atom is -0.376 e. The number of aryl methyl sites for hydroxylation is 2. The van der Waals surface area contributed by atoms with Crippen molar-refractivity contribution in [1.29, 1.82) is 0 Å². The van der Waals surface area contributed by atoms with Crippen LogP contribution in [0.3, 0.4) is 0 Å². The summed E-state index contributed by atoms with van der Waals surface area (Å²) in [5.41, 5.74) is 4.12. The first kappa shape index (κ1) is 20.6. The molecular weight excluding hydrogens is 368 g/mol. The summed E-state index contributed by atoms with van der Waals surface area (Å²) >= 11 is 0. The topological polar surface area (TPSA) is 90.5 Å². The molecule has 0 spiro atoms. The second-order valence-corrected chi connectivity index (χ2v) is 7.59. The van der Waals surface area contributed by atoms with Gasteiger partial charge >= 0.3 is 0 Å². The van der Waals surface area contributed by atoms with Gasteiger partial charge in [0, 0.05) is 51.9 Å². The van der Waals surface area contributed by atoms with Crippen LogP contribution in [0.25, 0.3) is 0 Å². The molecule has 1 fully saturated rings. The second kappa shape index (κ2) is 8.89. The Kier molecular flexibility index (Phi) is 6.31. The van der Waals surface area contributed by atoms with Crippen molar-refractivity contribution < 1.29 is 9.59 Å². The molecule has 1 saturated heterocycles. The van der Waals surface area contributed by atoms with E-state index in [0.717, 1.165) is 16.9 Å². The second-order valence-electron chi connectivity index (χ2n) is 7.59. The summed E-state index contributed by atoms with van der Waals surface area (Å²) < 4.78 is 0. The van der Waals surface area contributed by atoms with Gasteiger partial charge in [-0.1, -0.05) is 6.07 Å². The Balaban J connectivity index is 1.48. The summed E-state index contributed by atoms with van der Waals surface area (Å²) in [6.07, 6.45) is 1.92. The van der Waals surface area contributed by atoms with Crippen LogP contribution in [0.4, 0.5) is 17.2 Å². The highest BCUT2D eigenvalue weighted by Gasteiger charge is 2.35. The molecular formula is C21H28N6O2. The molecule has 2 amide bonds. The Morgan fingerprint density at radius 2 is 2.00 bits per heavy atom. The van der Waals surface area contributed by atoms with Gasteiger partial charge in [-0.3, -0.25) is 9.59 Å². The fourth-order valence-electron chi connectivity index (χ4n) is 3.23. The molecule has 8 nitrogen and oxygen atoms in total. The first-order chi connectivity index (χ1) is 13.8. The van der Waals surface area contributed by atoms with Crippen molar-refractivity contribution in [3.8, 4) is 0 Å². The highest BCUT2D eigenvalue weighted by atomic mass is 16.2. The molecule has 1 aromatic heterocycles. The van der Waals surface area contributed by atoms with E-state index in [1.165, 1.54) is 5.56 Å². The Morgan fingerprint density at radius 1 is 1.21 bits per heavy atom. The molecule has 1 atom stereocenters. The van der Waals surface area contributed by atoms with Crippen LogP contribution in [-0.2, 0) is 9.59 Å². The normalized spacial score (nSPS) is 16.1. The average molecular weight is 396 g/mol. The van der Waals surface area contributed by atoms with Crippen LogP contribution in [-0.4, -0.2) is 55.7 Å². The summed E-state index contributed by atoms with van der Waals surface area (Å²) in [6.45, 7) is 5.45. The number of carbonyl (C=O) groups excluding carboxylic acids is 2. The van der Waals surface area contributed by atoms with Gasteiger partial charge in [0.15, 0.2) is 5.82 Å². The van der Waals surface area contributed by atoms with E-state index in [1.807, 2.05) is 57.1 Å². The van der Waals surface area contributed by atoms with Crippen LogP contribution in [0.15, 0.2) is 30.5 Å². The fourth-order valence-corrected chi connectivity index (χ4v) is 3.23. The van der Waals surface area contributed by atoms with E-state index in [9.17, 15) is 9.59 Å². The van der Waals surface area contributed by atoms with E-state index in [-0.39, 0.29) is 24.2 Å². The smallest absolute Gasteiger partial charge is 0.227 e. The number of nitrogens with one attached hydrogen (secondary N) is 2. The van der Waals surface area contributed by atoms with Crippen LogP contribution in [0.1, 0.15) is 17.5 Å². The Hall–Kier alpha value is -3.16. The first-order valence-electron chi connectivity index (χ1n) is 9.74. The number of aromatic nitrogens is 2. The lowest BCUT2D eigenvalue weighted by atomic mass is 10.1. The van der Waals surface area contributed by atoms with Crippen molar-refractivity contribution in [1.82, 2.24) is 15.5 Å². The van der Waals surface area contributed by atoms with E-state index in [4.69, 9.17) is 0 Å². The maximum Gasteiger partial charge on any atom is 0.227 e. The number of carbonyl (C=O) groups is 2. The fraction of sp³-hybridized carbons (Fsp3) is 0.429. The Labute approximate surface area is 171 Å². The van der Waals surface area contributed by atoms with Gasteiger partial charge in [-0.2, -0.15) is 5.10 Å². The summed E-state index contributed by atoms with van der Waals surface area (Å²) in [5.74, 6) is 0.213. The largest absolute Gasteiger partial charge is 0.376 e. The Bertz CT molecular complexity index is 898.